The second-order valence-corrected chi connectivity index (χ2v) is 3.96. The molecule has 0 bridgehead atoms. The molecule has 0 aliphatic rings. The van der Waals surface area contributed by atoms with Gasteiger partial charge in [-0.2, -0.15) is 0 Å². The predicted octanol–water partition coefficient (Wildman–Crippen LogP) is 2.77. The number of halogens is 3. The maximum Gasteiger partial charge on any atom is 0.248 e. The first kappa shape index (κ1) is 12.6. The van der Waals surface area contributed by atoms with Gasteiger partial charge in [0.25, 0.3) is 0 Å². The minimum absolute atomic E-state index is 0.379. The van der Waals surface area contributed by atoms with Crippen molar-refractivity contribution < 1.29 is 4.79 Å². The lowest BCUT2D eigenvalue weighted by molar-refractivity contribution is 0.100. The van der Waals surface area contributed by atoms with Crippen LogP contribution in [0, 0.1) is 0 Å². The molecular formula is C8H8Cl3NO. The minimum Gasteiger partial charge on any atom is -0.366 e. The molecule has 13 heavy (non-hydrogen) atoms. The van der Waals surface area contributed by atoms with Crippen LogP contribution in [0.5, 0.6) is 0 Å². The molecule has 2 nitrogen and oxygen atoms in total. The van der Waals surface area contributed by atoms with Gasteiger partial charge < -0.3 is 5.73 Å². The van der Waals surface area contributed by atoms with Crippen LogP contribution in [0.15, 0.2) is 30.3 Å². The zero-order valence-electron chi connectivity index (χ0n) is 6.58. The Balaban J connectivity index is 0.000000310. The van der Waals surface area contributed by atoms with E-state index in [1.165, 1.54) is 0 Å². The lowest BCUT2D eigenvalue weighted by Crippen LogP contribution is -2.09. The SMILES string of the molecule is ClC(Cl)Cl.NC(=O)c1ccccc1. The average Bonchev–Trinajstić information content (AvgIpc) is 2.05. The van der Waals surface area contributed by atoms with E-state index in [1.54, 1.807) is 24.3 Å². The Morgan fingerprint density at radius 3 is 1.77 bits per heavy atom. The van der Waals surface area contributed by atoms with Crippen LogP contribution in [0.25, 0.3) is 0 Å². The van der Waals surface area contributed by atoms with Gasteiger partial charge in [-0.3, -0.25) is 4.79 Å². The molecule has 0 unspecified atom stereocenters. The van der Waals surface area contributed by atoms with E-state index in [1.807, 2.05) is 6.07 Å². The van der Waals surface area contributed by atoms with Crippen molar-refractivity contribution >= 4 is 40.7 Å². The first-order valence-electron chi connectivity index (χ1n) is 3.31. The smallest absolute Gasteiger partial charge is 0.248 e. The van der Waals surface area contributed by atoms with Gasteiger partial charge >= 0.3 is 0 Å². The number of carbonyl (C=O) groups is 1. The van der Waals surface area contributed by atoms with Crippen LogP contribution in [0.1, 0.15) is 10.4 Å². The number of nitrogens with two attached hydrogens (primary N) is 1. The molecule has 1 aromatic carbocycles. The van der Waals surface area contributed by atoms with E-state index in [2.05, 4.69) is 0 Å². The fraction of sp³-hybridized carbons (Fsp3) is 0.125. The van der Waals surface area contributed by atoms with Crippen molar-refractivity contribution in [3.05, 3.63) is 35.9 Å². The highest BCUT2D eigenvalue weighted by molar-refractivity contribution is 6.63. The zero-order chi connectivity index (χ0) is 10.3. The summed E-state index contributed by atoms with van der Waals surface area (Å²) in [6, 6.07) is 8.76. The van der Waals surface area contributed by atoms with Crippen LogP contribution in [-0.2, 0) is 0 Å². The van der Waals surface area contributed by atoms with E-state index in [-0.39, 0.29) is 5.91 Å². The van der Waals surface area contributed by atoms with Gasteiger partial charge in [0.15, 0.2) is 4.30 Å². The zero-order valence-corrected chi connectivity index (χ0v) is 8.85. The molecule has 72 valence electrons. The van der Waals surface area contributed by atoms with Crippen molar-refractivity contribution in [2.24, 2.45) is 5.73 Å². The van der Waals surface area contributed by atoms with Gasteiger partial charge in [0, 0.05) is 5.56 Å². The molecule has 0 saturated carbocycles. The van der Waals surface area contributed by atoms with Crippen LogP contribution in [0.2, 0.25) is 0 Å². The van der Waals surface area contributed by atoms with Crippen molar-refractivity contribution in [1.29, 1.82) is 0 Å². The highest BCUT2D eigenvalue weighted by Gasteiger charge is 1.93. The summed E-state index contributed by atoms with van der Waals surface area (Å²) < 4.78 is -0.750. The summed E-state index contributed by atoms with van der Waals surface area (Å²) in [7, 11) is 0. The van der Waals surface area contributed by atoms with Gasteiger partial charge in [0.2, 0.25) is 5.91 Å². The highest BCUT2D eigenvalue weighted by atomic mass is 35.6. The van der Waals surface area contributed by atoms with Crippen molar-refractivity contribution in [3.63, 3.8) is 0 Å². The lowest BCUT2D eigenvalue weighted by Gasteiger charge is -1.89. The molecular weight excluding hydrogens is 232 g/mol. The Morgan fingerprint density at radius 1 is 1.15 bits per heavy atom. The van der Waals surface area contributed by atoms with Crippen molar-refractivity contribution in [2.75, 3.05) is 0 Å². The highest BCUT2D eigenvalue weighted by Crippen LogP contribution is 2.03. The largest absolute Gasteiger partial charge is 0.366 e. The maximum absolute atomic E-state index is 10.4. The number of alkyl halides is 3. The number of amides is 1. The van der Waals surface area contributed by atoms with Crippen LogP contribution in [-0.4, -0.2) is 10.2 Å². The second kappa shape index (κ2) is 7.01. The maximum atomic E-state index is 10.4. The summed E-state index contributed by atoms with van der Waals surface area (Å²) in [6.45, 7) is 0. The molecule has 0 aromatic heterocycles. The molecule has 5 heteroatoms. The molecule has 2 N–H and O–H groups in total. The van der Waals surface area contributed by atoms with Gasteiger partial charge in [-0.25, -0.2) is 0 Å². The Labute approximate surface area is 91.6 Å². The molecule has 0 atom stereocenters. The quantitative estimate of drug-likeness (QED) is 0.754. The van der Waals surface area contributed by atoms with Crippen molar-refractivity contribution in [1.82, 2.24) is 0 Å². The molecule has 0 heterocycles. The molecule has 0 aliphatic carbocycles. The average molecular weight is 241 g/mol. The number of benzene rings is 1. The minimum atomic E-state index is -0.750. The van der Waals surface area contributed by atoms with Gasteiger partial charge in [-0.1, -0.05) is 53.0 Å². The predicted molar refractivity (Wildman–Crippen MR) is 56.3 cm³/mol. The Hall–Kier alpha value is -0.440. The van der Waals surface area contributed by atoms with E-state index in [0.717, 1.165) is 0 Å². The summed E-state index contributed by atoms with van der Waals surface area (Å²) >= 11 is 14.4. The van der Waals surface area contributed by atoms with E-state index in [0.29, 0.717) is 5.56 Å². The molecule has 0 spiro atoms. The van der Waals surface area contributed by atoms with E-state index in [9.17, 15) is 4.79 Å². The molecule has 0 saturated heterocycles. The monoisotopic (exact) mass is 239 g/mol. The fourth-order valence-electron chi connectivity index (χ4n) is 0.602. The Morgan fingerprint density at radius 2 is 1.54 bits per heavy atom. The van der Waals surface area contributed by atoms with Crippen molar-refractivity contribution in [2.45, 2.75) is 4.30 Å². The standard InChI is InChI=1S/C7H7NO.CHCl3/c8-7(9)6-4-2-1-3-5-6;2-1(3)4/h1-5H,(H2,8,9);1H. The van der Waals surface area contributed by atoms with E-state index in [4.69, 9.17) is 40.5 Å². The Kier molecular flexibility index (Phi) is 6.77. The summed E-state index contributed by atoms with van der Waals surface area (Å²) in [6.07, 6.45) is 0. The molecule has 0 radical (unpaired) electrons. The second-order valence-electron chi connectivity index (χ2n) is 1.98. The summed E-state index contributed by atoms with van der Waals surface area (Å²) in [4.78, 5) is 10.4. The first-order valence-corrected chi connectivity index (χ1v) is 4.62. The van der Waals surface area contributed by atoms with Gasteiger partial charge in [0.1, 0.15) is 0 Å². The van der Waals surface area contributed by atoms with Crippen LogP contribution in [0.3, 0.4) is 0 Å². The lowest BCUT2D eigenvalue weighted by atomic mass is 10.2. The third-order valence-corrected chi connectivity index (χ3v) is 1.06. The molecule has 1 aromatic rings. The van der Waals surface area contributed by atoms with Crippen LogP contribution >= 0.6 is 34.8 Å². The van der Waals surface area contributed by atoms with Gasteiger partial charge in [-0.15, -0.1) is 0 Å². The van der Waals surface area contributed by atoms with E-state index < -0.39 is 4.30 Å². The summed E-state index contributed by atoms with van der Waals surface area (Å²) in [5.74, 6) is -0.379. The molecule has 0 aliphatic heterocycles. The number of hydrogen-bond acceptors (Lipinski definition) is 1. The topological polar surface area (TPSA) is 43.1 Å². The van der Waals surface area contributed by atoms with Crippen LogP contribution in [0.4, 0.5) is 0 Å². The fourth-order valence-corrected chi connectivity index (χ4v) is 0.602. The molecule has 0 fully saturated rings. The number of primary amides is 1. The first-order chi connectivity index (χ1) is 6.04. The third-order valence-electron chi connectivity index (χ3n) is 1.06. The van der Waals surface area contributed by atoms with E-state index >= 15 is 0 Å². The molecule has 1 rings (SSSR count). The van der Waals surface area contributed by atoms with Crippen LogP contribution < -0.4 is 5.73 Å². The number of carbonyl (C=O) groups excluding carboxylic acids is 1. The van der Waals surface area contributed by atoms with Gasteiger partial charge in [-0.05, 0) is 12.1 Å². The number of rotatable bonds is 1. The summed E-state index contributed by atoms with van der Waals surface area (Å²) in [5, 5.41) is 0. The van der Waals surface area contributed by atoms with Crippen molar-refractivity contribution in [3.8, 4) is 0 Å². The third kappa shape index (κ3) is 7.91. The Bertz CT molecular complexity index is 248. The summed E-state index contributed by atoms with van der Waals surface area (Å²) in [5.41, 5.74) is 5.53. The normalized spacial score (nSPS) is 8.92. The number of hydrogen-bond donors (Lipinski definition) is 1. The van der Waals surface area contributed by atoms with Gasteiger partial charge in [0.05, 0.1) is 0 Å². The molecule has 1 amide bonds.